The number of fused-ring (bicyclic) bond motifs is 1. The van der Waals surface area contributed by atoms with E-state index < -0.39 is 0 Å². The van der Waals surface area contributed by atoms with Crippen LogP contribution in [0.1, 0.15) is 16.9 Å². The SMILES string of the molecule is COc1ccc(OC)c2sc(N(CCCN3CCOCC3)C(=O)c3ccn(C)n3)nc12. The zero-order valence-corrected chi connectivity index (χ0v) is 18.9. The maximum Gasteiger partial charge on any atom is 0.280 e. The maximum absolute atomic E-state index is 13.3. The van der Waals surface area contributed by atoms with Gasteiger partial charge in [0.2, 0.25) is 0 Å². The van der Waals surface area contributed by atoms with Crippen LogP contribution in [0.5, 0.6) is 11.5 Å². The number of methoxy groups -OCH3 is 2. The molecule has 3 heterocycles. The Labute approximate surface area is 185 Å². The van der Waals surface area contributed by atoms with Crippen LogP contribution in [-0.2, 0) is 11.8 Å². The Morgan fingerprint density at radius 3 is 2.61 bits per heavy atom. The van der Waals surface area contributed by atoms with E-state index in [0.717, 1.165) is 44.0 Å². The van der Waals surface area contributed by atoms with Crippen LogP contribution in [0.25, 0.3) is 10.2 Å². The molecule has 2 aromatic heterocycles. The van der Waals surface area contributed by atoms with Gasteiger partial charge in [0, 0.05) is 39.4 Å². The first-order chi connectivity index (χ1) is 15.1. The van der Waals surface area contributed by atoms with Gasteiger partial charge in [-0.25, -0.2) is 4.98 Å². The molecule has 0 aliphatic carbocycles. The Kier molecular flexibility index (Phi) is 6.69. The first-order valence-corrected chi connectivity index (χ1v) is 11.1. The van der Waals surface area contributed by atoms with Crippen molar-refractivity contribution >= 4 is 32.6 Å². The number of nitrogens with zero attached hydrogens (tertiary/aromatic N) is 5. The maximum atomic E-state index is 13.3. The summed E-state index contributed by atoms with van der Waals surface area (Å²) in [6, 6.07) is 5.41. The number of carbonyl (C=O) groups is 1. The second kappa shape index (κ2) is 9.63. The zero-order chi connectivity index (χ0) is 21.8. The molecule has 166 valence electrons. The van der Waals surface area contributed by atoms with Crippen LogP contribution in [0.15, 0.2) is 24.4 Å². The van der Waals surface area contributed by atoms with Crippen molar-refractivity contribution in [3.05, 3.63) is 30.1 Å². The number of anilines is 1. The van der Waals surface area contributed by atoms with Crippen LogP contribution in [0.2, 0.25) is 0 Å². The van der Waals surface area contributed by atoms with Crippen LogP contribution in [-0.4, -0.2) is 79.2 Å². The lowest BCUT2D eigenvalue weighted by Gasteiger charge is -2.27. The van der Waals surface area contributed by atoms with E-state index in [2.05, 4.69) is 10.00 Å². The minimum atomic E-state index is -0.167. The third kappa shape index (κ3) is 4.65. The van der Waals surface area contributed by atoms with Crippen LogP contribution < -0.4 is 14.4 Å². The summed E-state index contributed by atoms with van der Waals surface area (Å²) in [7, 11) is 5.03. The second-order valence-corrected chi connectivity index (χ2v) is 8.26. The number of carbonyl (C=O) groups excluding carboxylic acids is 1. The van der Waals surface area contributed by atoms with E-state index in [-0.39, 0.29) is 5.91 Å². The van der Waals surface area contributed by atoms with Crippen LogP contribution in [0.4, 0.5) is 5.13 Å². The number of aryl methyl sites for hydroxylation is 1. The number of benzene rings is 1. The third-order valence-corrected chi connectivity index (χ3v) is 6.36. The van der Waals surface area contributed by atoms with Crippen molar-refractivity contribution in [2.75, 3.05) is 58.5 Å². The van der Waals surface area contributed by atoms with Crippen molar-refractivity contribution in [2.24, 2.45) is 7.05 Å². The summed E-state index contributed by atoms with van der Waals surface area (Å²) < 4.78 is 18.9. The highest BCUT2D eigenvalue weighted by Crippen LogP contribution is 2.40. The van der Waals surface area contributed by atoms with Crippen molar-refractivity contribution < 1.29 is 19.0 Å². The minimum absolute atomic E-state index is 0.167. The number of morpholine rings is 1. The van der Waals surface area contributed by atoms with Crippen molar-refractivity contribution in [1.29, 1.82) is 0 Å². The van der Waals surface area contributed by atoms with E-state index >= 15 is 0 Å². The quantitative estimate of drug-likeness (QED) is 0.527. The molecule has 31 heavy (non-hydrogen) atoms. The normalized spacial score (nSPS) is 14.7. The van der Waals surface area contributed by atoms with Crippen LogP contribution in [0, 0.1) is 0 Å². The van der Waals surface area contributed by atoms with Crippen molar-refractivity contribution in [3.8, 4) is 11.5 Å². The number of aromatic nitrogens is 3. The first kappa shape index (κ1) is 21.5. The van der Waals surface area contributed by atoms with Gasteiger partial charge in [-0.15, -0.1) is 0 Å². The van der Waals surface area contributed by atoms with E-state index in [1.165, 1.54) is 11.3 Å². The highest BCUT2D eigenvalue weighted by atomic mass is 32.1. The fraction of sp³-hybridized carbons (Fsp3) is 0.476. The highest BCUT2D eigenvalue weighted by molar-refractivity contribution is 7.22. The lowest BCUT2D eigenvalue weighted by atomic mass is 10.3. The van der Waals surface area contributed by atoms with Gasteiger partial charge in [-0.1, -0.05) is 11.3 Å². The average molecular weight is 446 g/mol. The van der Waals surface area contributed by atoms with Gasteiger partial charge in [-0.2, -0.15) is 5.10 Å². The molecule has 3 aromatic rings. The predicted octanol–water partition coefficient (Wildman–Crippen LogP) is 2.42. The highest BCUT2D eigenvalue weighted by Gasteiger charge is 2.25. The molecule has 1 amide bonds. The van der Waals surface area contributed by atoms with Gasteiger partial charge >= 0.3 is 0 Å². The molecule has 1 aliphatic heterocycles. The summed E-state index contributed by atoms with van der Waals surface area (Å²) in [5.41, 5.74) is 1.08. The van der Waals surface area contributed by atoms with Gasteiger partial charge in [0.25, 0.3) is 5.91 Å². The molecule has 1 fully saturated rings. The lowest BCUT2D eigenvalue weighted by Crippen LogP contribution is -2.39. The molecule has 0 unspecified atom stereocenters. The van der Waals surface area contributed by atoms with Gasteiger partial charge in [-0.05, 0) is 24.6 Å². The topological polar surface area (TPSA) is 82.0 Å². The molecule has 10 heteroatoms. The molecule has 1 aliphatic rings. The molecule has 0 spiro atoms. The summed E-state index contributed by atoms with van der Waals surface area (Å²) in [6.07, 6.45) is 2.59. The zero-order valence-electron chi connectivity index (χ0n) is 18.0. The van der Waals surface area contributed by atoms with Gasteiger partial charge < -0.3 is 14.2 Å². The van der Waals surface area contributed by atoms with E-state index in [1.807, 2.05) is 12.1 Å². The van der Waals surface area contributed by atoms with E-state index in [1.54, 1.807) is 43.1 Å². The Morgan fingerprint density at radius 1 is 1.19 bits per heavy atom. The van der Waals surface area contributed by atoms with Gasteiger partial charge in [0.1, 0.15) is 21.7 Å². The molecule has 1 saturated heterocycles. The molecular formula is C21H27N5O4S. The first-order valence-electron chi connectivity index (χ1n) is 10.2. The van der Waals surface area contributed by atoms with Crippen molar-refractivity contribution in [2.45, 2.75) is 6.42 Å². The molecule has 0 saturated carbocycles. The largest absolute Gasteiger partial charge is 0.495 e. The average Bonchev–Trinajstić information content (AvgIpc) is 3.43. The minimum Gasteiger partial charge on any atom is -0.495 e. The molecular weight excluding hydrogens is 418 g/mol. The lowest BCUT2D eigenvalue weighted by molar-refractivity contribution is 0.0376. The fourth-order valence-corrected chi connectivity index (χ4v) is 4.72. The number of thiazole rings is 1. The predicted molar refractivity (Wildman–Crippen MR) is 119 cm³/mol. The number of hydrogen-bond donors (Lipinski definition) is 0. The Bertz CT molecular complexity index is 1000. The summed E-state index contributed by atoms with van der Waals surface area (Å²) in [5, 5.41) is 4.91. The smallest absolute Gasteiger partial charge is 0.280 e. The fourth-order valence-electron chi connectivity index (χ4n) is 3.62. The summed E-state index contributed by atoms with van der Waals surface area (Å²) in [6.45, 7) is 4.79. The molecule has 1 aromatic carbocycles. The molecule has 0 radical (unpaired) electrons. The number of rotatable bonds is 8. The molecule has 0 bridgehead atoms. The second-order valence-electron chi connectivity index (χ2n) is 7.28. The Balaban J connectivity index is 1.63. The van der Waals surface area contributed by atoms with E-state index in [9.17, 15) is 4.79 Å². The van der Waals surface area contributed by atoms with E-state index in [4.69, 9.17) is 19.2 Å². The summed E-state index contributed by atoms with van der Waals surface area (Å²) in [4.78, 5) is 22.2. The van der Waals surface area contributed by atoms with E-state index in [0.29, 0.717) is 34.4 Å². The third-order valence-electron chi connectivity index (χ3n) is 5.27. The number of hydrogen-bond acceptors (Lipinski definition) is 8. The molecule has 0 atom stereocenters. The number of ether oxygens (including phenoxy) is 3. The van der Waals surface area contributed by atoms with Gasteiger partial charge in [-0.3, -0.25) is 19.3 Å². The Hall–Kier alpha value is -2.69. The van der Waals surface area contributed by atoms with Gasteiger partial charge in [0.05, 0.1) is 27.4 Å². The standard InChI is InChI=1S/C21H27N5O4S/c1-24-10-7-15(23-24)20(27)26(9-4-8-25-11-13-30-14-12-25)21-22-18-16(28-2)5-6-17(29-3)19(18)31-21/h5-7,10H,4,8-9,11-14H2,1-3H3. The number of amides is 1. The Morgan fingerprint density at radius 2 is 1.94 bits per heavy atom. The van der Waals surface area contributed by atoms with Crippen molar-refractivity contribution in [1.82, 2.24) is 19.7 Å². The monoisotopic (exact) mass is 445 g/mol. The molecule has 4 rings (SSSR count). The summed E-state index contributed by atoms with van der Waals surface area (Å²) in [5.74, 6) is 1.19. The van der Waals surface area contributed by atoms with Crippen LogP contribution in [0.3, 0.4) is 0 Å². The van der Waals surface area contributed by atoms with Gasteiger partial charge in [0.15, 0.2) is 10.8 Å². The van der Waals surface area contributed by atoms with Crippen LogP contribution >= 0.6 is 11.3 Å². The van der Waals surface area contributed by atoms with Crippen molar-refractivity contribution in [3.63, 3.8) is 0 Å². The summed E-state index contributed by atoms with van der Waals surface area (Å²) >= 11 is 1.42. The molecule has 9 nitrogen and oxygen atoms in total. The molecule has 0 N–H and O–H groups in total.